The summed E-state index contributed by atoms with van der Waals surface area (Å²) in [6.07, 6.45) is 0. The second-order valence-corrected chi connectivity index (χ2v) is 7.93. The fourth-order valence-corrected chi connectivity index (χ4v) is 3.55. The number of ether oxygens (including phenoxy) is 1. The lowest BCUT2D eigenvalue weighted by atomic mass is 9.65. The van der Waals surface area contributed by atoms with E-state index in [1.54, 1.807) is 6.07 Å². The van der Waals surface area contributed by atoms with Crippen LogP contribution in [0.1, 0.15) is 11.1 Å². The molecule has 6 radical (unpaired) electrons. The third kappa shape index (κ3) is 3.41. The summed E-state index contributed by atoms with van der Waals surface area (Å²) >= 11 is 0. The van der Waals surface area contributed by atoms with Gasteiger partial charge in [-0.2, -0.15) is 8.42 Å². The predicted molar refractivity (Wildman–Crippen MR) is 101 cm³/mol. The first-order valence-electron chi connectivity index (χ1n) is 7.95. The van der Waals surface area contributed by atoms with Gasteiger partial charge in [0.1, 0.15) is 11.6 Å². The maximum absolute atomic E-state index is 14.1. The van der Waals surface area contributed by atoms with Crippen molar-refractivity contribution in [2.45, 2.75) is 10.0 Å². The van der Waals surface area contributed by atoms with Gasteiger partial charge < -0.3 is 14.7 Å². The van der Waals surface area contributed by atoms with Crippen molar-refractivity contribution in [3.63, 3.8) is 0 Å². The van der Waals surface area contributed by atoms with Crippen molar-refractivity contribution in [2.75, 3.05) is 0 Å². The minimum Gasteiger partial charge on any atom is -0.467 e. The predicted octanol–water partition coefficient (Wildman–Crippen LogP) is 0.507. The molecule has 0 fully saturated rings. The highest BCUT2D eigenvalue weighted by Gasteiger charge is 2.51. The van der Waals surface area contributed by atoms with E-state index in [0.717, 1.165) is 6.07 Å². The van der Waals surface area contributed by atoms with E-state index in [1.807, 2.05) is 0 Å². The quantitative estimate of drug-likeness (QED) is 0.570. The van der Waals surface area contributed by atoms with Crippen LogP contribution < -0.4 is 5.73 Å². The number of ketones is 1. The van der Waals surface area contributed by atoms with E-state index >= 15 is 0 Å². The van der Waals surface area contributed by atoms with Crippen LogP contribution in [-0.4, -0.2) is 37.7 Å². The van der Waals surface area contributed by atoms with Gasteiger partial charge in [0.05, 0.1) is 20.2 Å². The van der Waals surface area contributed by atoms with Gasteiger partial charge in [0.15, 0.2) is 13.3 Å². The van der Waals surface area contributed by atoms with E-state index in [2.05, 4.69) is 0 Å². The highest BCUT2D eigenvalue weighted by Crippen LogP contribution is 2.39. The topological polar surface area (TPSA) is 95.7 Å². The summed E-state index contributed by atoms with van der Waals surface area (Å²) in [5, 5.41) is 0. The Morgan fingerprint density at radius 2 is 1.72 bits per heavy atom. The lowest BCUT2D eigenvalue weighted by molar-refractivity contribution is -0.126. The van der Waals surface area contributed by atoms with Crippen LogP contribution in [0.25, 0.3) is 0 Å². The first-order valence-corrected chi connectivity index (χ1v) is 9.36. The van der Waals surface area contributed by atoms with Crippen molar-refractivity contribution in [3.05, 3.63) is 82.9 Å². The van der Waals surface area contributed by atoms with Gasteiger partial charge in [-0.3, -0.25) is 4.79 Å². The minimum absolute atomic E-state index is 0.0549. The number of Topliss-reactive ketones (excluding diaryl/α,β-unsaturated/α-hetero) is 1. The molecular formula is C17H10B3F2NO5S. The molecule has 1 aliphatic heterocycles. The Morgan fingerprint density at radius 1 is 1.10 bits per heavy atom. The molecule has 1 heterocycles. The molecule has 0 spiro atoms. The number of hydrogen-bond acceptors (Lipinski definition) is 6. The molecule has 12 heteroatoms. The fraction of sp³-hybridized carbons (Fsp3) is 0.118. The Morgan fingerprint density at radius 3 is 2.34 bits per heavy atom. The molecule has 29 heavy (non-hydrogen) atoms. The summed E-state index contributed by atoms with van der Waals surface area (Å²) in [5.74, 6) is -5.31. The molecule has 3 rings (SSSR count). The molecule has 1 atom stereocenters. The molecule has 2 N–H and O–H groups in total. The number of carbonyl (C=O) groups is 1. The van der Waals surface area contributed by atoms with Gasteiger partial charge in [0.25, 0.3) is 0 Å². The lowest BCUT2D eigenvalue weighted by Gasteiger charge is -2.26. The molecule has 6 nitrogen and oxygen atoms in total. The number of rotatable bonds is 5. The molecule has 0 saturated heterocycles. The van der Waals surface area contributed by atoms with E-state index in [9.17, 15) is 22.0 Å². The van der Waals surface area contributed by atoms with Crippen LogP contribution in [0.5, 0.6) is 0 Å². The SMILES string of the molecule is [B]C1(c2cc(F)ccc2F)OC(N)=C(OS(=O)(=O)C([B])([B])c2ccccc2)C1=O. The average Bonchev–Trinajstić information content (AvgIpc) is 2.88. The van der Waals surface area contributed by atoms with Crippen molar-refractivity contribution >= 4 is 39.4 Å². The summed E-state index contributed by atoms with van der Waals surface area (Å²) in [6, 6.07) is 9.31. The van der Waals surface area contributed by atoms with Crippen molar-refractivity contribution in [1.82, 2.24) is 0 Å². The molecule has 2 aromatic rings. The molecule has 2 aromatic carbocycles. The van der Waals surface area contributed by atoms with E-state index in [1.165, 1.54) is 24.3 Å². The van der Waals surface area contributed by atoms with Crippen LogP contribution in [0.4, 0.5) is 8.78 Å². The smallest absolute Gasteiger partial charge is 0.302 e. The molecule has 0 aliphatic carbocycles. The molecule has 1 unspecified atom stereocenters. The molecule has 142 valence electrons. The zero-order chi connectivity index (χ0) is 21.6. The van der Waals surface area contributed by atoms with Crippen LogP contribution in [0.2, 0.25) is 0 Å². The molecule has 0 aromatic heterocycles. The zero-order valence-corrected chi connectivity index (χ0v) is 15.5. The average molecular weight is 411 g/mol. The van der Waals surface area contributed by atoms with Gasteiger partial charge in [-0.25, -0.2) is 8.78 Å². The number of carbonyl (C=O) groups excluding carboxylic acids is 1. The van der Waals surface area contributed by atoms with Gasteiger partial charge in [0.2, 0.25) is 17.4 Å². The maximum atomic E-state index is 14.1. The Labute approximate surface area is 169 Å². The summed E-state index contributed by atoms with van der Waals surface area (Å²) in [7, 11) is 12.3. The van der Waals surface area contributed by atoms with Crippen molar-refractivity contribution in [2.24, 2.45) is 5.73 Å². The van der Waals surface area contributed by atoms with Crippen LogP contribution in [0.3, 0.4) is 0 Å². The summed E-state index contributed by atoms with van der Waals surface area (Å²) in [4.78, 5) is 12.7. The van der Waals surface area contributed by atoms with E-state index < -0.39 is 54.8 Å². The second-order valence-electron chi connectivity index (χ2n) is 6.18. The molecule has 1 aliphatic rings. The van der Waals surface area contributed by atoms with Gasteiger partial charge in [0, 0.05) is 5.56 Å². The van der Waals surface area contributed by atoms with Gasteiger partial charge in [-0.05, 0) is 23.8 Å². The van der Waals surface area contributed by atoms with E-state index in [0.29, 0.717) is 12.1 Å². The minimum atomic E-state index is -4.92. The second kappa shape index (κ2) is 6.94. The van der Waals surface area contributed by atoms with Gasteiger partial charge >= 0.3 is 10.1 Å². The number of nitrogens with two attached hydrogens (primary N) is 1. The number of halogens is 2. The first-order chi connectivity index (χ1) is 13.4. The Kier molecular flexibility index (Phi) is 5.02. The molecule has 0 bridgehead atoms. The Balaban J connectivity index is 1.97. The normalized spacial score (nSPS) is 19.9. The third-order valence-corrected chi connectivity index (χ3v) is 5.65. The highest BCUT2D eigenvalue weighted by atomic mass is 32.2. The number of benzene rings is 2. The van der Waals surface area contributed by atoms with Crippen LogP contribution in [-0.2, 0) is 33.9 Å². The van der Waals surface area contributed by atoms with Crippen LogP contribution in [0, 0.1) is 11.6 Å². The molecular weight excluding hydrogens is 401 g/mol. The summed E-state index contributed by atoms with van der Waals surface area (Å²) in [5.41, 5.74) is 2.11. The van der Waals surface area contributed by atoms with E-state index in [-0.39, 0.29) is 5.56 Å². The highest BCUT2D eigenvalue weighted by molar-refractivity contribution is 7.90. The van der Waals surface area contributed by atoms with Gasteiger partial charge in [-0.1, -0.05) is 30.3 Å². The standard InChI is InChI=1S/C17H10B3F2NO5S/c18-16(11-8-10(21)6-7-12(11)22)14(24)13(15(23)27-16)28-29(25,26)17(19,20)9-4-2-1-3-5-9/h1-8H,23H2. The monoisotopic (exact) mass is 411 g/mol. The zero-order valence-electron chi connectivity index (χ0n) is 14.6. The first kappa shape index (κ1) is 21.0. The van der Waals surface area contributed by atoms with Crippen molar-refractivity contribution in [1.29, 1.82) is 0 Å². The number of hydrogen-bond donors (Lipinski definition) is 1. The van der Waals surface area contributed by atoms with Crippen LogP contribution >= 0.6 is 0 Å². The molecule has 0 amide bonds. The summed E-state index contributed by atoms with van der Waals surface area (Å²) in [6.45, 7) is 0. The fourth-order valence-electron chi connectivity index (χ4n) is 2.61. The van der Waals surface area contributed by atoms with Crippen molar-refractivity contribution < 1.29 is 30.9 Å². The Bertz CT molecular complexity index is 1130. The maximum Gasteiger partial charge on any atom is 0.302 e. The third-order valence-electron chi connectivity index (χ3n) is 4.20. The summed E-state index contributed by atoms with van der Waals surface area (Å²) < 4.78 is 60.0. The van der Waals surface area contributed by atoms with Crippen molar-refractivity contribution in [3.8, 4) is 0 Å². The Hall–Kier alpha value is -2.75. The largest absolute Gasteiger partial charge is 0.467 e. The lowest BCUT2D eigenvalue weighted by Crippen LogP contribution is -2.40. The van der Waals surface area contributed by atoms with Gasteiger partial charge in [-0.15, -0.1) is 0 Å². The molecule has 0 saturated carbocycles. The van der Waals surface area contributed by atoms with E-state index in [4.69, 9.17) is 38.2 Å². The van der Waals surface area contributed by atoms with Crippen LogP contribution in [0.15, 0.2) is 60.2 Å².